The molecule has 3 heterocycles. The van der Waals surface area contributed by atoms with Gasteiger partial charge in [0, 0.05) is 23.2 Å². The number of nitrogens with one attached hydrogen (secondary N) is 2. The molecule has 0 aliphatic carbocycles. The zero-order valence-electron chi connectivity index (χ0n) is 16.0. The van der Waals surface area contributed by atoms with Gasteiger partial charge < -0.3 is 15.2 Å². The predicted molar refractivity (Wildman–Crippen MR) is 109 cm³/mol. The summed E-state index contributed by atoms with van der Waals surface area (Å²) in [6.07, 6.45) is 4.40. The summed E-state index contributed by atoms with van der Waals surface area (Å²) in [6, 6.07) is 9.28. The number of imidazole rings is 1. The van der Waals surface area contributed by atoms with Gasteiger partial charge in [-0.25, -0.2) is 23.7 Å². The highest BCUT2D eigenvalue weighted by Crippen LogP contribution is 2.23. The first-order valence-corrected chi connectivity index (χ1v) is 9.36. The van der Waals surface area contributed by atoms with Crippen molar-refractivity contribution in [3.8, 4) is 0 Å². The van der Waals surface area contributed by atoms with Crippen LogP contribution in [-0.4, -0.2) is 32.6 Å². The highest BCUT2D eigenvalue weighted by molar-refractivity contribution is 5.82. The Morgan fingerprint density at radius 1 is 1.10 bits per heavy atom. The molecule has 0 spiro atoms. The van der Waals surface area contributed by atoms with Crippen LogP contribution in [0.25, 0.3) is 17.4 Å². The number of aromatic amines is 1. The number of rotatable bonds is 4. The van der Waals surface area contributed by atoms with E-state index in [0.717, 1.165) is 22.2 Å². The van der Waals surface area contributed by atoms with E-state index >= 15 is 0 Å². The van der Waals surface area contributed by atoms with Gasteiger partial charge in [0.2, 0.25) is 0 Å². The summed E-state index contributed by atoms with van der Waals surface area (Å²) >= 11 is 0. The van der Waals surface area contributed by atoms with Gasteiger partial charge in [-0.1, -0.05) is 12.1 Å². The Bertz CT molecular complexity index is 1350. The molecule has 2 N–H and O–H groups in total. The minimum absolute atomic E-state index is 0.340. The van der Waals surface area contributed by atoms with Crippen molar-refractivity contribution in [2.45, 2.75) is 13.1 Å². The van der Waals surface area contributed by atoms with Crippen molar-refractivity contribution < 1.29 is 8.78 Å². The smallest absolute Gasteiger partial charge is 0.182 e. The van der Waals surface area contributed by atoms with E-state index in [0.29, 0.717) is 29.2 Å². The number of nitrogens with zero attached hydrogens (tertiary/aromatic N) is 5. The molecule has 150 valence electrons. The van der Waals surface area contributed by atoms with Crippen molar-refractivity contribution in [1.82, 2.24) is 19.9 Å². The molecule has 0 amide bonds. The van der Waals surface area contributed by atoms with E-state index in [4.69, 9.17) is 4.99 Å². The van der Waals surface area contributed by atoms with Crippen LogP contribution in [0.3, 0.4) is 0 Å². The highest BCUT2D eigenvalue weighted by atomic mass is 19.1. The maximum absolute atomic E-state index is 13.9. The molecular formula is C21H17F2N7. The van der Waals surface area contributed by atoms with Crippen LogP contribution in [0, 0.1) is 18.6 Å². The van der Waals surface area contributed by atoms with E-state index in [1.165, 1.54) is 18.5 Å². The Hall–Kier alpha value is -3.88. The molecule has 5 rings (SSSR count). The maximum atomic E-state index is 13.9. The Kier molecular flexibility index (Phi) is 4.35. The average Bonchev–Trinajstić information content (AvgIpc) is 3.21. The van der Waals surface area contributed by atoms with E-state index in [-0.39, 0.29) is 0 Å². The second-order valence-corrected chi connectivity index (χ2v) is 6.99. The number of fused-ring (bicyclic) bond motifs is 2. The summed E-state index contributed by atoms with van der Waals surface area (Å²) in [7, 11) is 0. The summed E-state index contributed by atoms with van der Waals surface area (Å²) in [5.41, 5.74) is 2.63. The van der Waals surface area contributed by atoms with Crippen molar-refractivity contribution >= 4 is 28.9 Å². The van der Waals surface area contributed by atoms with Crippen molar-refractivity contribution in [2.24, 2.45) is 4.99 Å². The molecular weight excluding hydrogens is 388 g/mol. The third-order valence-electron chi connectivity index (χ3n) is 5.00. The zero-order valence-corrected chi connectivity index (χ0v) is 16.0. The van der Waals surface area contributed by atoms with Gasteiger partial charge in [-0.05, 0) is 30.7 Å². The van der Waals surface area contributed by atoms with Crippen LogP contribution in [0.4, 0.5) is 20.3 Å². The highest BCUT2D eigenvalue weighted by Gasteiger charge is 2.21. The lowest BCUT2D eigenvalue weighted by atomic mass is 10.1. The summed E-state index contributed by atoms with van der Waals surface area (Å²) < 4.78 is 27.8. The van der Waals surface area contributed by atoms with E-state index in [1.54, 1.807) is 11.2 Å². The Labute approximate surface area is 169 Å². The largest absolute Gasteiger partial charge is 0.364 e. The number of aromatic nitrogens is 4. The van der Waals surface area contributed by atoms with Crippen LogP contribution < -0.4 is 20.8 Å². The molecule has 1 unspecified atom stereocenters. The second kappa shape index (κ2) is 7.18. The van der Waals surface area contributed by atoms with Crippen LogP contribution in [0.15, 0.2) is 54.0 Å². The number of hydrogen-bond acceptors (Lipinski definition) is 6. The first-order valence-electron chi connectivity index (χ1n) is 9.36. The molecule has 9 heteroatoms. The molecule has 1 aliphatic heterocycles. The summed E-state index contributed by atoms with van der Waals surface area (Å²) in [5.74, 6) is -0.709. The number of anilines is 2. The van der Waals surface area contributed by atoms with Crippen molar-refractivity contribution in [1.29, 1.82) is 0 Å². The van der Waals surface area contributed by atoms with E-state index in [9.17, 15) is 8.78 Å². The van der Waals surface area contributed by atoms with Gasteiger partial charge in [0.05, 0.1) is 18.2 Å². The normalized spacial score (nSPS) is 15.4. The molecule has 0 radical (unpaired) electrons. The molecule has 2 aromatic carbocycles. The summed E-state index contributed by atoms with van der Waals surface area (Å²) in [6.45, 7) is 2.32. The summed E-state index contributed by atoms with van der Waals surface area (Å²) in [4.78, 5) is 22.1. The molecule has 30 heavy (non-hydrogen) atoms. The average molecular weight is 405 g/mol. The van der Waals surface area contributed by atoms with E-state index < -0.39 is 17.8 Å². The molecule has 7 nitrogen and oxygen atoms in total. The maximum Gasteiger partial charge on any atom is 0.182 e. The standard InChI is InChI=1S/C21H17F2N7/c1-12-3-2-4-17-16(12)9-30(15-6-13(22)5-14(23)7-15)18(29-17)8-24-20-19-21(26-10-25-19)28-11-27-20/h2-7,9-11,18H,8H2,1H3,(H2,24,25,26,27,28). The lowest BCUT2D eigenvalue weighted by Crippen LogP contribution is -2.46. The van der Waals surface area contributed by atoms with Gasteiger partial charge >= 0.3 is 0 Å². The molecule has 1 aliphatic rings. The van der Waals surface area contributed by atoms with Crippen molar-refractivity contribution in [3.05, 3.63) is 76.8 Å². The topological polar surface area (TPSA) is 82.1 Å². The van der Waals surface area contributed by atoms with Gasteiger partial charge in [0.15, 0.2) is 11.5 Å². The van der Waals surface area contributed by atoms with Crippen LogP contribution >= 0.6 is 0 Å². The van der Waals surface area contributed by atoms with E-state index in [1.807, 2.05) is 31.3 Å². The zero-order chi connectivity index (χ0) is 20.7. The van der Waals surface area contributed by atoms with E-state index in [2.05, 4.69) is 25.3 Å². The first-order chi connectivity index (χ1) is 14.6. The molecule has 0 fully saturated rings. The SMILES string of the molecule is Cc1cccc2c1=CN(c1cc(F)cc(F)c1)C(CNc1ncnc3nc[nH]c13)N=2. The van der Waals surface area contributed by atoms with Crippen LogP contribution in [-0.2, 0) is 0 Å². The molecule has 1 atom stereocenters. The minimum Gasteiger partial charge on any atom is -0.364 e. The van der Waals surface area contributed by atoms with Crippen LogP contribution in [0.5, 0.6) is 0 Å². The molecule has 4 aromatic rings. The number of H-pyrrole nitrogens is 1. The summed E-state index contributed by atoms with van der Waals surface area (Å²) in [5, 5.41) is 4.99. The fraction of sp³-hybridized carbons (Fsp3) is 0.143. The Morgan fingerprint density at radius 3 is 2.77 bits per heavy atom. The number of halogens is 2. The molecule has 0 saturated heterocycles. The van der Waals surface area contributed by atoms with Crippen LogP contribution in [0.1, 0.15) is 5.56 Å². The number of benzene rings is 2. The lowest BCUT2D eigenvalue weighted by Gasteiger charge is -2.30. The minimum atomic E-state index is -0.643. The fourth-order valence-electron chi connectivity index (χ4n) is 3.56. The van der Waals surface area contributed by atoms with Gasteiger partial charge in [-0.3, -0.25) is 4.99 Å². The second-order valence-electron chi connectivity index (χ2n) is 6.99. The first kappa shape index (κ1) is 18.2. The molecule has 2 aromatic heterocycles. The fourth-order valence-corrected chi connectivity index (χ4v) is 3.56. The Balaban J connectivity index is 1.56. The van der Waals surface area contributed by atoms with Gasteiger partial charge in [-0.2, -0.15) is 0 Å². The van der Waals surface area contributed by atoms with Gasteiger partial charge in [0.1, 0.15) is 29.6 Å². The number of aryl methyl sites for hydroxylation is 1. The quantitative estimate of drug-likeness (QED) is 0.544. The molecule has 0 saturated carbocycles. The monoisotopic (exact) mass is 405 g/mol. The van der Waals surface area contributed by atoms with Crippen LogP contribution in [0.2, 0.25) is 0 Å². The van der Waals surface area contributed by atoms with Gasteiger partial charge in [-0.15, -0.1) is 0 Å². The lowest BCUT2D eigenvalue weighted by molar-refractivity contribution is 0.581. The number of hydrogen-bond donors (Lipinski definition) is 2. The predicted octanol–water partition coefficient (Wildman–Crippen LogP) is 2.26. The molecule has 0 bridgehead atoms. The van der Waals surface area contributed by atoms with Gasteiger partial charge in [0.25, 0.3) is 0 Å². The third kappa shape index (κ3) is 3.24. The Morgan fingerprint density at radius 2 is 1.93 bits per heavy atom. The van der Waals surface area contributed by atoms with Crippen molar-refractivity contribution in [2.75, 3.05) is 16.8 Å². The van der Waals surface area contributed by atoms with Crippen molar-refractivity contribution in [3.63, 3.8) is 0 Å². The third-order valence-corrected chi connectivity index (χ3v) is 5.00.